The number of rotatable bonds is 5. The summed E-state index contributed by atoms with van der Waals surface area (Å²) >= 11 is 3.56. The number of hydrogen-bond acceptors (Lipinski definition) is 9. The van der Waals surface area contributed by atoms with E-state index in [0.717, 1.165) is 11.5 Å². The summed E-state index contributed by atoms with van der Waals surface area (Å²) in [5.41, 5.74) is 0.582. The third-order valence-electron chi connectivity index (χ3n) is 1.88. The quantitative estimate of drug-likeness (QED) is 0.661. The molecule has 2 aromatic heterocycles. The molecule has 0 radical (unpaired) electrons. The third-order valence-corrected chi connectivity index (χ3v) is 4.83. The first-order valence-electron chi connectivity index (χ1n) is 5.12. The highest BCUT2D eigenvalue weighted by Gasteiger charge is 2.15. The average Bonchev–Trinajstić information content (AvgIpc) is 2.95. The molecule has 0 aliphatic heterocycles. The molecule has 0 spiro atoms. The smallest absolute Gasteiger partial charge is 0.271 e. The molecule has 0 unspecified atom stereocenters. The van der Waals surface area contributed by atoms with Gasteiger partial charge in [-0.05, 0) is 25.4 Å². The summed E-state index contributed by atoms with van der Waals surface area (Å²) < 4.78 is 4.34. The summed E-state index contributed by atoms with van der Waals surface area (Å²) in [5, 5.41) is 14.5. The summed E-state index contributed by atoms with van der Waals surface area (Å²) in [4.78, 5) is 23.2. The standard InChI is InChI=1S/C9H9N5O2S3/c1-4(15)3-17-9-13-12-8(18-9)10-7(16)6-5(2)11-14-19-6/h3H2,1-2H3,(H,10,12,16). The molecule has 0 fully saturated rings. The van der Waals surface area contributed by atoms with Gasteiger partial charge in [0, 0.05) is 0 Å². The molecule has 2 rings (SSSR count). The number of thioether (sulfide) groups is 1. The second-order valence-corrected chi connectivity index (χ2v) is 6.46. The number of aromatic nitrogens is 4. The van der Waals surface area contributed by atoms with E-state index in [-0.39, 0.29) is 11.7 Å². The fourth-order valence-electron chi connectivity index (χ4n) is 1.08. The Bertz CT molecular complexity index is 609. The third kappa shape index (κ3) is 3.78. The molecule has 10 heteroatoms. The molecular formula is C9H9N5O2S3. The molecule has 1 amide bonds. The van der Waals surface area contributed by atoms with E-state index < -0.39 is 0 Å². The molecule has 0 atom stereocenters. The fourth-order valence-corrected chi connectivity index (χ4v) is 3.17. The van der Waals surface area contributed by atoms with Gasteiger partial charge >= 0.3 is 0 Å². The zero-order chi connectivity index (χ0) is 13.8. The van der Waals surface area contributed by atoms with Crippen LogP contribution in [0.2, 0.25) is 0 Å². The minimum Gasteiger partial charge on any atom is -0.299 e. The van der Waals surface area contributed by atoms with Crippen molar-refractivity contribution in [1.82, 2.24) is 19.8 Å². The maximum Gasteiger partial charge on any atom is 0.271 e. The number of amides is 1. The van der Waals surface area contributed by atoms with Crippen LogP contribution in [0.25, 0.3) is 0 Å². The van der Waals surface area contributed by atoms with Gasteiger partial charge < -0.3 is 0 Å². The van der Waals surface area contributed by atoms with Crippen molar-refractivity contribution in [2.45, 2.75) is 18.2 Å². The lowest BCUT2D eigenvalue weighted by atomic mass is 10.4. The molecule has 1 N–H and O–H groups in total. The second kappa shape index (κ2) is 6.17. The molecule has 0 bridgehead atoms. The van der Waals surface area contributed by atoms with Gasteiger partial charge in [-0.2, -0.15) is 0 Å². The monoisotopic (exact) mass is 315 g/mol. The molecule has 0 aliphatic rings. The Morgan fingerprint density at radius 2 is 2.11 bits per heavy atom. The lowest BCUT2D eigenvalue weighted by molar-refractivity contribution is -0.114. The Labute approximate surface area is 121 Å². The normalized spacial score (nSPS) is 10.4. The van der Waals surface area contributed by atoms with Crippen LogP contribution in [-0.4, -0.2) is 37.2 Å². The van der Waals surface area contributed by atoms with E-state index in [9.17, 15) is 9.59 Å². The van der Waals surface area contributed by atoms with Crippen LogP contribution in [0.5, 0.6) is 0 Å². The second-order valence-electron chi connectivity index (χ2n) is 3.51. The lowest BCUT2D eigenvalue weighted by Gasteiger charge is -1.96. The van der Waals surface area contributed by atoms with Crippen molar-refractivity contribution in [2.24, 2.45) is 0 Å². The molecule has 0 aromatic carbocycles. The van der Waals surface area contributed by atoms with Crippen LogP contribution < -0.4 is 5.32 Å². The minimum atomic E-state index is -0.299. The summed E-state index contributed by atoms with van der Waals surface area (Å²) in [6.45, 7) is 3.23. The first-order valence-corrected chi connectivity index (χ1v) is 7.70. The van der Waals surface area contributed by atoms with Crippen LogP contribution in [0.3, 0.4) is 0 Å². The lowest BCUT2D eigenvalue weighted by Crippen LogP contribution is -2.11. The molecule has 100 valence electrons. The summed E-state index contributed by atoms with van der Waals surface area (Å²) in [6.07, 6.45) is 0. The highest BCUT2D eigenvalue weighted by molar-refractivity contribution is 8.01. The molecule has 0 saturated carbocycles. The highest BCUT2D eigenvalue weighted by atomic mass is 32.2. The highest BCUT2D eigenvalue weighted by Crippen LogP contribution is 2.26. The van der Waals surface area contributed by atoms with Crippen LogP contribution in [-0.2, 0) is 4.79 Å². The molecule has 0 aliphatic carbocycles. The van der Waals surface area contributed by atoms with Crippen molar-refractivity contribution in [1.29, 1.82) is 0 Å². The van der Waals surface area contributed by atoms with E-state index in [1.807, 2.05) is 0 Å². The summed E-state index contributed by atoms with van der Waals surface area (Å²) in [6, 6.07) is 0. The van der Waals surface area contributed by atoms with Crippen molar-refractivity contribution in [3.63, 3.8) is 0 Å². The van der Waals surface area contributed by atoms with Crippen LogP contribution in [0.1, 0.15) is 22.3 Å². The van der Waals surface area contributed by atoms with E-state index in [2.05, 4.69) is 25.1 Å². The number of Topliss-reactive ketones (excluding diaryl/α,β-unsaturated/α-hetero) is 1. The predicted octanol–water partition coefficient (Wildman–Crippen LogP) is 1.63. The topological polar surface area (TPSA) is 97.7 Å². The van der Waals surface area contributed by atoms with Gasteiger partial charge in [-0.15, -0.1) is 15.3 Å². The molecular weight excluding hydrogens is 306 g/mol. The van der Waals surface area contributed by atoms with Crippen LogP contribution in [0.4, 0.5) is 5.13 Å². The van der Waals surface area contributed by atoms with Crippen molar-refractivity contribution in [3.8, 4) is 0 Å². The first-order chi connectivity index (χ1) is 9.06. The predicted molar refractivity (Wildman–Crippen MR) is 73.9 cm³/mol. The number of anilines is 1. The van der Waals surface area contributed by atoms with E-state index in [1.54, 1.807) is 6.92 Å². The van der Waals surface area contributed by atoms with Gasteiger partial charge in [0.15, 0.2) is 4.34 Å². The Morgan fingerprint density at radius 1 is 1.32 bits per heavy atom. The average molecular weight is 315 g/mol. The number of carbonyl (C=O) groups excluding carboxylic acids is 2. The van der Waals surface area contributed by atoms with Crippen molar-refractivity contribution in [2.75, 3.05) is 11.1 Å². The number of hydrogen-bond donors (Lipinski definition) is 1. The van der Waals surface area contributed by atoms with Gasteiger partial charge in [-0.3, -0.25) is 14.9 Å². The first kappa shape index (κ1) is 14.0. The van der Waals surface area contributed by atoms with Gasteiger partial charge in [0.25, 0.3) is 5.91 Å². The van der Waals surface area contributed by atoms with Crippen molar-refractivity contribution in [3.05, 3.63) is 10.6 Å². The number of ketones is 1. The van der Waals surface area contributed by atoms with Gasteiger partial charge in [0.1, 0.15) is 10.7 Å². The van der Waals surface area contributed by atoms with Gasteiger partial charge in [0.2, 0.25) is 5.13 Å². The van der Waals surface area contributed by atoms with Crippen molar-refractivity contribution < 1.29 is 9.59 Å². The molecule has 7 nitrogen and oxygen atoms in total. The maximum absolute atomic E-state index is 11.9. The van der Waals surface area contributed by atoms with Crippen LogP contribution in [0.15, 0.2) is 4.34 Å². The van der Waals surface area contributed by atoms with Gasteiger partial charge in [-0.1, -0.05) is 27.6 Å². The zero-order valence-corrected chi connectivity index (χ0v) is 12.5. The maximum atomic E-state index is 11.9. The molecule has 2 heterocycles. The fraction of sp³-hybridized carbons (Fsp3) is 0.333. The van der Waals surface area contributed by atoms with E-state index in [4.69, 9.17) is 0 Å². The van der Waals surface area contributed by atoms with Gasteiger partial charge in [-0.25, -0.2) is 0 Å². The van der Waals surface area contributed by atoms with Crippen LogP contribution >= 0.6 is 34.6 Å². The van der Waals surface area contributed by atoms with Gasteiger partial charge in [0.05, 0.1) is 11.4 Å². The largest absolute Gasteiger partial charge is 0.299 e. The Hall–Kier alpha value is -1.39. The molecule has 0 saturated heterocycles. The number of aryl methyl sites for hydroxylation is 1. The molecule has 19 heavy (non-hydrogen) atoms. The van der Waals surface area contributed by atoms with E-state index in [1.165, 1.54) is 30.0 Å². The number of nitrogens with one attached hydrogen (secondary N) is 1. The SMILES string of the molecule is CC(=O)CSc1nnc(NC(=O)c2snnc2C)s1. The van der Waals surface area contributed by atoms with E-state index in [0.29, 0.717) is 25.8 Å². The molecule has 2 aromatic rings. The Kier molecular flexibility index (Phi) is 4.56. The minimum absolute atomic E-state index is 0.0668. The zero-order valence-electron chi connectivity index (χ0n) is 10.0. The van der Waals surface area contributed by atoms with Crippen molar-refractivity contribution >= 4 is 51.5 Å². The Balaban J connectivity index is 1.98. The van der Waals surface area contributed by atoms with Crippen LogP contribution in [0, 0.1) is 6.92 Å². The van der Waals surface area contributed by atoms with E-state index >= 15 is 0 Å². The number of nitrogens with zero attached hydrogens (tertiary/aromatic N) is 4. The number of carbonyl (C=O) groups is 2. The summed E-state index contributed by atoms with van der Waals surface area (Å²) in [5.74, 6) is 0.115. The summed E-state index contributed by atoms with van der Waals surface area (Å²) in [7, 11) is 0. The Morgan fingerprint density at radius 3 is 2.74 bits per heavy atom.